The lowest BCUT2D eigenvalue weighted by Gasteiger charge is -2.43. The Morgan fingerprint density at radius 2 is 1.19 bits per heavy atom. The van der Waals surface area contributed by atoms with Crippen LogP contribution in [0, 0.1) is 0 Å². The molecule has 10 N–H and O–H groups in total. The van der Waals surface area contributed by atoms with Gasteiger partial charge in [0.05, 0.1) is 56.9 Å². The maximum absolute atomic E-state index is 11.1. The van der Waals surface area contributed by atoms with Gasteiger partial charge in [-0.1, -0.05) is 25.0 Å². The molecule has 0 aromatic heterocycles. The first kappa shape index (κ1) is 45.4. The minimum atomic E-state index is -1.46. The topological polar surface area (TPSA) is 276 Å². The lowest BCUT2D eigenvalue weighted by Crippen LogP contribution is -2.57. The molecule has 58 heavy (non-hydrogen) atoms. The average Bonchev–Trinajstić information content (AvgIpc) is 3.20. The second-order valence-corrected chi connectivity index (χ2v) is 16.1. The number of hydrogen-bond donors (Lipinski definition) is 10. The van der Waals surface area contributed by atoms with Crippen LogP contribution in [0.4, 0.5) is 0 Å². The Bertz CT molecular complexity index is 1480. The van der Waals surface area contributed by atoms with Gasteiger partial charge in [0.25, 0.3) is 0 Å². The van der Waals surface area contributed by atoms with E-state index >= 15 is 0 Å². The van der Waals surface area contributed by atoms with E-state index in [1.807, 2.05) is 26.0 Å². The first-order valence-corrected chi connectivity index (χ1v) is 20.5. The summed E-state index contributed by atoms with van der Waals surface area (Å²) < 4.78 is 48.9. The number of hydrogen-bond acceptors (Lipinski definition) is 18. The van der Waals surface area contributed by atoms with E-state index in [0.717, 1.165) is 36.8 Å². The van der Waals surface area contributed by atoms with E-state index in [1.54, 1.807) is 0 Å². The molecule has 17 atom stereocenters. The SMILES string of the molecule is CCCc1cc(O[C@H]2C[C@@H](O[C@H]3C[C@@H](O)[C@H](O)[C@@H](CO)O3)[C@H](O)[C@@H](CO)O2)c([C@@H]2C=C(C)CCC2)c(O[C@H]2C[C@@H](O[C@@H]3O[C@H](CO)C[C@H](O)[C@H]3O)[C@H](O)[C@@H](CO)O2)c1. The normalized spacial score (nSPS) is 41.2. The minimum Gasteiger partial charge on any atom is -0.464 e. The van der Waals surface area contributed by atoms with Crippen LogP contribution in [0.3, 0.4) is 0 Å². The summed E-state index contributed by atoms with van der Waals surface area (Å²) in [6.45, 7) is 1.91. The molecule has 0 radical (unpaired) electrons. The number of allylic oxidation sites excluding steroid dienone is 2. The molecule has 0 spiro atoms. The molecule has 330 valence electrons. The summed E-state index contributed by atoms with van der Waals surface area (Å²) in [6.07, 6.45) is -13.0. The van der Waals surface area contributed by atoms with Crippen molar-refractivity contribution >= 4 is 0 Å². The van der Waals surface area contributed by atoms with Crippen molar-refractivity contribution in [1.29, 1.82) is 0 Å². The van der Waals surface area contributed by atoms with Crippen molar-refractivity contribution in [2.75, 3.05) is 26.4 Å². The molecule has 1 aromatic carbocycles. The Labute approximate surface area is 337 Å². The van der Waals surface area contributed by atoms with Gasteiger partial charge in [-0.2, -0.15) is 0 Å². The zero-order valence-corrected chi connectivity index (χ0v) is 33.0. The molecule has 18 heteroatoms. The van der Waals surface area contributed by atoms with Crippen LogP contribution in [0.25, 0.3) is 0 Å². The fourth-order valence-electron chi connectivity index (χ4n) is 8.46. The Hall–Kier alpha value is -2.08. The van der Waals surface area contributed by atoms with E-state index in [-0.39, 0.29) is 31.6 Å². The van der Waals surface area contributed by atoms with Crippen molar-refractivity contribution in [3.05, 3.63) is 34.9 Å². The van der Waals surface area contributed by atoms with E-state index in [2.05, 4.69) is 6.08 Å². The summed E-state index contributed by atoms with van der Waals surface area (Å²) in [4.78, 5) is 0. The predicted octanol–water partition coefficient (Wildman–Crippen LogP) is -1.02. The second-order valence-electron chi connectivity index (χ2n) is 16.1. The summed E-state index contributed by atoms with van der Waals surface area (Å²) in [7, 11) is 0. The van der Waals surface area contributed by atoms with Gasteiger partial charge in [-0.15, -0.1) is 0 Å². The van der Waals surface area contributed by atoms with Crippen LogP contribution >= 0.6 is 0 Å². The molecule has 0 saturated carbocycles. The van der Waals surface area contributed by atoms with Crippen molar-refractivity contribution in [2.24, 2.45) is 0 Å². The van der Waals surface area contributed by atoms with E-state index in [1.165, 1.54) is 0 Å². The van der Waals surface area contributed by atoms with Crippen LogP contribution in [-0.4, -0.2) is 176 Å². The number of benzene rings is 1. The fraction of sp³-hybridized carbons (Fsp3) is 0.800. The van der Waals surface area contributed by atoms with Crippen LogP contribution < -0.4 is 9.47 Å². The molecule has 5 aliphatic rings. The number of ether oxygens (including phenoxy) is 8. The van der Waals surface area contributed by atoms with E-state index in [4.69, 9.17) is 37.9 Å². The molecule has 4 heterocycles. The van der Waals surface area contributed by atoms with E-state index < -0.39 is 125 Å². The minimum absolute atomic E-state index is 0.00876. The summed E-state index contributed by atoms with van der Waals surface area (Å²) in [5, 5.41) is 104. The Morgan fingerprint density at radius 3 is 1.74 bits per heavy atom. The van der Waals surface area contributed by atoms with Gasteiger partial charge in [0.2, 0.25) is 12.6 Å². The van der Waals surface area contributed by atoms with E-state index in [9.17, 15) is 51.1 Å². The van der Waals surface area contributed by atoms with Crippen LogP contribution in [0.2, 0.25) is 0 Å². The van der Waals surface area contributed by atoms with Gasteiger partial charge in [0.1, 0.15) is 54.2 Å². The molecule has 4 saturated heterocycles. The molecular weight excluding hydrogens is 768 g/mol. The third-order valence-corrected chi connectivity index (χ3v) is 11.6. The Morgan fingerprint density at radius 1 is 0.638 bits per heavy atom. The molecule has 1 aliphatic carbocycles. The highest BCUT2D eigenvalue weighted by Gasteiger charge is 2.46. The zero-order chi connectivity index (χ0) is 41.7. The zero-order valence-electron chi connectivity index (χ0n) is 33.0. The van der Waals surface area contributed by atoms with Crippen molar-refractivity contribution in [1.82, 2.24) is 0 Å². The standard InChI is InChI=1S/C40H62O18/c1-3-5-20-9-25(52-33-13-27(38(49)30(17-43)56-33)54-32-12-24(46)36(47)29(16-42)55-32)35(21-7-4-6-19(2)8-21)26(10-20)53-34-14-28(39(50)31(18-44)57-34)58-40-37(48)23(45)11-22(15-41)51-40/h8-10,21-24,27-34,36-50H,3-7,11-18H2,1-2H3/t21-,22-,23-,24+,27+,28+,29+,30+,31+,32+,33+,34+,36-,37+,38-,39-,40-/m0/s1. The van der Waals surface area contributed by atoms with Gasteiger partial charge in [-0.05, 0) is 50.3 Å². The first-order chi connectivity index (χ1) is 27.8. The predicted molar refractivity (Wildman–Crippen MR) is 199 cm³/mol. The quantitative estimate of drug-likeness (QED) is 0.0947. The van der Waals surface area contributed by atoms with Crippen molar-refractivity contribution in [2.45, 2.75) is 176 Å². The highest BCUT2D eigenvalue weighted by atomic mass is 16.7. The van der Waals surface area contributed by atoms with Gasteiger partial charge in [-0.25, -0.2) is 0 Å². The van der Waals surface area contributed by atoms with E-state index in [0.29, 0.717) is 23.5 Å². The Balaban J connectivity index is 1.29. The molecule has 6 rings (SSSR count). The average molecular weight is 831 g/mol. The van der Waals surface area contributed by atoms with Gasteiger partial charge in [0.15, 0.2) is 12.6 Å². The maximum Gasteiger partial charge on any atom is 0.202 e. The second kappa shape index (κ2) is 20.7. The highest BCUT2D eigenvalue weighted by Crippen LogP contribution is 2.45. The largest absolute Gasteiger partial charge is 0.464 e. The number of aliphatic hydroxyl groups is 10. The van der Waals surface area contributed by atoms with Gasteiger partial charge < -0.3 is 89.0 Å². The summed E-state index contributed by atoms with van der Waals surface area (Å²) >= 11 is 0. The van der Waals surface area contributed by atoms with Gasteiger partial charge >= 0.3 is 0 Å². The lowest BCUT2D eigenvalue weighted by atomic mass is 9.84. The van der Waals surface area contributed by atoms with Crippen LogP contribution in [0.15, 0.2) is 23.8 Å². The summed E-state index contributed by atoms with van der Waals surface area (Å²) in [5.41, 5.74) is 2.68. The van der Waals surface area contributed by atoms with Crippen LogP contribution in [0.1, 0.15) is 82.3 Å². The number of aliphatic hydroxyl groups excluding tert-OH is 10. The van der Waals surface area contributed by atoms with Crippen LogP contribution in [0.5, 0.6) is 11.5 Å². The molecule has 4 aliphatic heterocycles. The monoisotopic (exact) mass is 830 g/mol. The maximum atomic E-state index is 11.1. The molecular formula is C40H62O18. The fourth-order valence-corrected chi connectivity index (χ4v) is 8.46. The number of rotatable bonds is 15. The highest BCUT2D eigenvalue weighted by molar-refractivity contribution is 5.52. The van der Waals surface area contributed by atoms with Crippen LogP contribution in [-0.2, 0) is 34.8 Å². The Kier molecular flexibility index (Phi) is 16.2. The first-order valence-electron chi connectivity index (χ1n) is 20.5. The summed E-state index contributed by atoms with van der Waals surface area (Å²) in [5.74, 6) is 0.617. The molecule has 1 aromatic rings. The number of aryl methyl sites for hydroxylation is 1. The molecule has 4 fully saturated rings. The third-order valence-electron chi connectivity index (χ3n) is 11.6. The van der Waals surface area contributed by atoms with Crippen molar-refractivity contribution < 1.29 is 89.0 Å². The lowest BCUT2D eigenvalue weighted by molar-refractivity contribution is -0.318. The van der Waals surface area contributed by atoms with Crippen molar-refractivity contribution in [3.63, 3.8) is 0 Å². The molecule has 18 nitrogen and oxygen atoms in total. The smallest absolute Gasteiger partial charge is 0.202 e. The van der Waals surface area contributed by atoms with Gasteiger partial charge in [0, 0.05) is 37.2 Å². The third kappa shape index (κ3) is 10.7. The summed E-state index contributed by atoms with van der Waals surface area (Å²) in [6, 6.07) is 3.79. The van der Waals surface area contributed by atoms with Crippen molar-refractivity contribution in [3.8, 4) is 11.5 Å². The molecule has 0 unspecified atom stereocenters. The molecule has 0 amide bonds. The molecule has 0 bridgehead atoms. The van der Waals surface area contributed by atoms with Gasteiger partial charge in [-0.3, -0.25) is 0 Å².